The Kier molecular flexibility index (Phi) is 3.68. The van der Waals surface area contributed by atoms with Gasteiger partial charge in [0.05, 0.1) is 5.52 Å². The van der Waals surface area contributed by atoms with Gasteiger partial charge in [0.2, 0.25) is 0 Å². The van der Waals surface area contributed by atoms with Crippen molar-refractivity contribution in [1.29, 1.82) is 0 Å². The summed E-state index contributed by atoms with van der Waals surface area (Å²) in [6, 6.07) is 15.3. The number of rotatable bonds is 4. The Hall–Kier alpha value is -1.89. The molecule has 0 unspecified atom stereocenters. The number of hydrogen-bond acceptors (Lipinski definition) is 1. The van der Waals surface area contributed by atoms with Gasteiger partial charge >= 0.3 is 0 Å². The third kappa shape index (κ3) is 2.29. The molecule has 0 N–H and O–H groups in total. The highest BCUT2D eigenvalue weighted by molar-refractivity contribution is 6.05. The van der Waals surface area contributed by atoms with Crippen molar-refractivity contribution >= 4 is 21.7 Å². The van der Waals surface area contributed by atoms with Gasteiger partial charge in [0.15, 0.2) is 0 Å². The van der Waals surface area contributed by atoms with Crippen molar-refractivity contribution in [2.45, 2.75) is 39.5 Å². The van der Waals surface area contributed by atoms with E-state index in [9.17, 15) is 0 Å². The van der Waals surface area contributed by atoms with Crippen LogP contribution in [0.25, 0.3) is 21.7 Å². The van der Waals surface area contributed by atoms with Gasteiger partial charge in [-0.3, -0.25) is 4.98 Å². The quantitative estimate of drug-likeness (QED) is 0.582. The predicted molar refractivity (Wildman–Crippen MR) is 87.2 cm³/mol. The van der Waals surface area contributed by atoms with E-state index in [-0.39, 0.29) is 0 Å². The first kappa shape index (κ1) is 13.1. The maximum Gasteiger partial charge on any atom is 0.0783 e. The zero-order valence-corrected chi connectivity index (χ0v) is 12.3. The summed E-state index contributed by atoms with van der Waals surface area (Å²) in [6.07, 6.45) is 4.54. The van der Waals surface area contributed by atoms with E-state index < -0.39 is 0 Å². The van der Waals surface area contributed by atoms with Gasteiger partial charge in [-0.05, 0) is 29.9 Å². The molecule has 2 aromatic carbocycles. The predicted octanol–water partition coefficient (Wildman–Crippen LogP) is 5.29. The Morgan fingerprint density at radius 2 is 1.60 bits per heavy atom. The van der Waals surface area contributed by atoms with Gasteiger partial charge in [0.25, 0.3) is 0 Å². The van der Waals surface area contributed by atoms with Crippen LogP contribution in [-0.2, 0) is 12.8 Å². The highest BCUT2D eigenvalue weighted by atomic mass is 14.7. The van der Waals surface area contributed by atoms with Crippen LogP contribution in [0.5, 0.6) is 0 Å². The van der Waals surface area contributed by atoms with E-state index in [1.54, 1.807) is 0 Å². The molecule has 0 fully saturated rings. The lowest BCUT2D eigenvalue weighted by atomic mass is 10.00. The second kappa shape index (κ2) is 5.62. The Morgan fingerprint density at radius 1 is 0.850 bits per heavy atom. The standard InChI is InChI=1S/C19H21N/c1-3-7-15-13-16-12-11-14-9-5-6-10-17(14)19(16)20-18(15)8-4-2/h5-6,9-13H,3-4,7-8H2,1-2H3. The number of hydrogen-bond donors (Lipinski definition) is 0. The third-order valence-electron chi connectivity index (χ3n) is 3.89. The highest BCUT2D eigenvalue weighted by Crippen LogP contribution is 2.26. The minimum absolute atomic E-state index is 1.08. The fraction of sp³-hybridized carbons (Fsp3) is 0.316. The molecule has 0 radical (unpaired) electrons. The lowest BCUT2D eigenvalue weighted by Crippen LogP contribution is -1.99. The van der Waals surface area contributed by atoms with Crippen LogP contribution in [0.1, 0.15) is 37.9 Å². The number of pyridine rings is 1. The lowest BCUT2D eigenvalue weighted by Gasteiger charge is -2.11. The Labute approximate surface area is 120 Å². The zero-order chi connectivity index (χ0) is 13.9. The molecule has 0 atom stereocenters. The van der Waals surface area contributed by atoms with Gasteiger partial charge in [-0.1, -0.05) is 63.1 Å². The van der Waals surface area contributed by atoms with Gasteiger partial charge in [-0.2, -0.15) is 0 Å². The first-order valence-corrected chi connectivity index (χ1v) is 7.63. The topological polar surface area (TPSA) is 12.9 Å². The summed E-state index contributed by atoms with van der Waals surface area (Å²) in [5.74, 6) is 0. The van der Waals surface area contributed by atoms with E-state index in [0.717, 1.165) is 24.8 Å². The molecule has 3 aromatic rings. The minimum atomic E-state index is 1.08. The van der Waals surface area contributed by atoms with Crippen molar-refractivity contribution in [3.8, 4) is 0 Å². The molecule has 0 bridgehead atoms. The summed E-state index contributed by atoms with van der Waals surface area (Å²) in [5.41, 5.74) is 3.88. The van der Waals surface area contributed by atoms with E-state index in [1.807, 2.05) is 0 Å². The SMILES string of the molecule is CCCc1cc2ccc3ccccc3c2nc1CCC. The second-order valence-corrected chi connectivity index (χ2v) is 5.45. The molecule has 1 heteroatoms. The highest BCUT2D eigenvalue weighted by Gasteiger charge is 2.08. The number of nitrogens with zero attached hydrogens (tertiary/aromatic N) is 1. The summed E-state index contributed by atoms with van der Waals surface area (Å²) < 4.78 is 0. The largest absolute Gasteiger partial charge is 0.252 e. The van der Waals surface area contributed by atoms with Crippen molar-refractivity contribution < 1.29 is 0 Å². The van der Waals surface area contributed by atoms with E-state index in [4.69, 9.17) is 4.98 Å². The lowest BCUT2D eigenvalue weighted by molar-refractivity contribution is 0.836. The molecule has 102 valence electrons. The summed E-state index contributed by atoms with van der Waals surface area (Å²) >= 11 is 0. The van der Waals surface area contributed by atoms with E-state index in [0.29, 0.717) is 0 Å². The molecule has 1 heterocycles. The molecule has 0 aliphatic carbocycles. The molecule has 1 nitrogen and oxygen atoms in total. The molecular formula is C19H21N. The minimum Gasteiger partial charge on any atom is -0.252 e. The van der Waals surface area contributed by atoms with Gasteiger partial charge in [-0.15, -0.1) is 0 Å². The monoisotopic (exact) mass is 263 g/mol. The van der Waals surface area contributed by atoms with Crippen molar-refractivity contribution in [3.05, 3.63) is 53.7 Å². The number of aryl methyl sites for hydroxylation is 2. The molecule has 3 rings (SSSR count). The first-order chi connectivity index (χ1) is 9.83. The van der Waals surface area contributed by atoms with E-state index in [1.165, 1.54) is 33.8 Å². The summed E-state index contributed by atoms with van der Waals surface area (Å²) in [4.78, 5) is 5.01. The van der Waals surface area contributed by atoms with Gasteiger partial charge in [0, 0.05) is 16.5 Å². The molecular weight excluding hydrogens is 242 g/mol. The fourth-order valence-corrected chi connectivity index (χ4v) is 2.93. The normalized spacial score (nSPS) is 11.3. The smallest absolute Gasteiger partial charge is 0.0783 e. The molecule has 0 spiro atoms. The maximum atomic E-state index is 5.01. The molecule has 0 aliphatic rings. The molecule has 0 aliphatic heterocycles. The number of fused-ring (bicyclic) bond motifs is 3. The van der Waals surface area contributed by atoms with Crippen LogP contribution in [0.3, 0.4) is 0 Å². The van der Waals surface area contributed by atoms with Crippen LogP contribution in [0.15, 0.2) is 42.5 Å². The van der Waals surface area contributed by atoms with Crippen molar-refractivity contribution in [1.82, 2.24) is 4.98 Å². The van der Waals surface area contributed by atoms with Crippen molar-refractivity contribution in [3.63, 3.8) is 0 Å². The average Bonchev–Trinajstić information content (AvgIpc) is 2.48. The van der Waals surface area contributed by atoms with Crippen molar-refractivity contribution in [2.24, 2.45) is 0 Å². The summed E-state index contributed by atoms with van der Waals surface area (Å²) in [7, 11) is 0. The van der Waals surface area contributed by atoms with Crippen LogP contribution in [0.2, 0.25) is 0 Å². The van der Waals surface area contributed by atoms with Crippen LogP contribution in [0.4, 0.5) is 0 Å². The molecule has 20 heavy (non-hydrogen) atoms. The fourth-order valence-electron chi connectivity index (χ4n) is 2.93. The van der Waals surface area contributed by atoms with E-state index in [2.05, 4.69) is 56.3 Å². The number of benzene rings is 2. The number of aromatic nitrogens is 1. The van der Waals surface area contributed by atoms with Gasteiger partial charge in [-0.25, -0.2) is 0 Å². The van der Waals surface area contributed by atoms with Gasteiger partial charge in [0.1, 0.15) is 0 Å². The van der Waals surface area contributed by atoms with Crippen LogP contribution in [0, 0.1) is 0 Å². The van der Waals surface area contributed by atoms with Crippen molar-refractivity contribution in [2.75, 3.05) is 0 Å². The van der Waals surface area contributed by atoms with Crippen LogP contribution in [-0.4, -0.2) is 4.98 Å². The Morgan fingerprint density at radius 3 is 2.40 bits per heavy atom. The Bertz CT molecular complexity index is 743. The zero-order valence-electron chi connectivity index (χ0n) is 12.3. The Balaban J connectivity index is 2.29. The molecule has 0 saturated heterocycles. The molecule has 0 amide bonds. The average molecular weight is 263 g/mol. The molecule has 0 saturated carbocycles. The maximum absolute atomic E-state index is 5.01. The van der Waals surface area contributed by atoms with Crippen LogP contribution < -0.4 is 0 Å². The van der Waals surface area contributed by atoms with E-state index >= 15 is 0 Å². The first-order valence-electron chi connectivity index (χ1n) is 7.63. The summed E-state index contributed by atoms with van der Waals surface area (Å²) in [6.45, 7) is 4.46. The van der Waals surface area contributed by atoms with Crippen LogP contribution >= 0.6 is 0 Å². The van der Waals surface area contributed by atoms with Gasteiger partial charge < -0.3 is 0 Å². The summed E-state index contributed by atoms with van der Waals surface area (Å²) in [5, 5.41) is 3.82. The third-order valence-corrected chi connectivity index (χ3v) is 3.89. The molecule has 1 aromatic heterocycles. The second-order valence-electron chi connectivity index (χ2n) is 5.45.